The van der Waals surface area contributed by atoms with Crippen LogP contribution in [-0.2, 0) is 14.1 Å². The summed E-state index contributed by atoms with van der Waals surface area (Å²) in [5, 5.41) is 30.9. The highest BCUT2D eigenvalue weighted by Crippen LogP contribution is 2.41. The van der Waals surface area contributed by atoms with Crippen molar-refractivity contribution in [3.05, 3.63) is 86.7 Å². The highest BCUT2D eigenvalue weighted by molar-refractivity contribution is 6.04. The van der Waals surface area contributed by atoms with Crippen LogP contribution in [0.15, 0.2) is 46.0 Å². The van der Waals surface area contributed by atoms with Gasteiger partial charge in [0.2, 0.25) is 5.75 Å². The number of carbonyl (C=O) groups is 1. The first kappa shape index (κ1) is 24.4. The van der Waals surface area contributed by atoms with E-state index in [-0.39, 0.29) is 11.5 Å². The Bertz CT molecular complexity index is 1540. The normalized spacial score (nSPS) is 12.7. The summed E-state index contributed by atoms with van der Waals surface area (Å²) in [6, 6.07) is 9.48. The Balaban J connectivity index is 1.92. The van der Waals surface area contributed by atoms with Crippen molar-refractivity contribution < 1.29 is 14.4 Å². The molecular weight excluding hydrogens is 462 g/mol. The van der Waals surface area contributed by atoms with Gasteiger partial charge in [0.1, 0.15) is 17.8 Å². The maximum Gasteiger partial charge on any atom is 0.296 e. The Morgan fingerprint density at radius 1 is 1.25 bits per heavy atom. The fourth-order valence-corrected chi connectivity index (χ4v) is 4.56. The quantitative estimate of drug-likeness (QED) is 0.421. The van der Waals surface area contributed by atoms with Gasteiger partial charge in [-0.25, -0.2) is 4.98 Å². The Morgan fingerprint density at radius 3 is 2.58 bits per heavy atom. The molecule has 3 heterocycles. The number of aryl methyl sites for hydroxylation is 2. The average Bonchev–Trinajstić information content (AvgIpc) is 3.46. The predicted molar refractivity (Wildman–Crippen MR) is 130 cm³/mol. The first-order valence-corrected chi connectivity index (χ1v) is 11.1. The van der Waals surface area contributed by atoms with Gasteiger partial charge in [0.25, 0.3) is 11.5 Å². The smallest absolute Gasteiger partial charge is 0.296 e. The molecule has 36 heavy (non-hydrogen) atoms. The second-order valence-electron chi connectivity index (χ2n) is 8.57. The largest absolute Gasteiger partial charge is 0.501 e. The molecular formula is C25H25N7O4. The number of amides is 1. The summed E-state index contributed by atoms with van der Waals surface area (Å²) in [5.74, 6) is -2.23. The van der Waals surface area contributed by atoms with Crippen molar-refractivity contribution in [1.29, 1.82) is 5.26 Å². The molecule has 2 N–H and O–H groups in total. The van der Waals surface area contributed by atoms with Gasteiger partial charge < -0.3 is 14.9 Å². The van der Waals surface area contributed by atoms with Gasteiger partial charge in [0.05, 0.1) is 23.5 Å². The number of hydrogen-bond acceptors (Lipinski definition) is 8. The van der Waals surface area contributed by atoms with Crippen molar-refractivity contribution in [3.63, 3.8) is 0 Å². The zero-order chi connectivity index (χ0) is 26.1. The minimum Gasteiger partial charge on any atom is -0.501 e. The van der Waals surface area contributed by atoms with E-state index in [0.717, 1.165) is 22.5 Å². The van der Waals surface area contributed by atoms with E-state index in [1.165, 1.54) is 24.1 Å². The summed E-state index contributed by atoms with van der Waals surface area (Å²) in [5.41, 5.74) is 2.84. The lowest BCUT2D eigenvalue weighted by atomic mass is 9.78. The van der Waals surface area contributed by atoms with Gasteiger partial charge in [-0.1, -0.05) is 30.3 Å². The van der Waals surface area contributed by atoms with Crippen LogP contribution in [0.1, 0.15) is 63.2 Å². The SMILES string of the molecule is Cc1nn(C)c(C)c1[C@@H](c1ccccc1C#N)[C@@H](C)c1nc(C(=O)Nc2cnoc2)c(O)c(=O)n1C. The summed E-state index contributed by atoms with van der Waals surface area (Å²) in [6.45, 7) is 5.69. The number of aromatic hydroxyl groups is 1. The number of nitriles is 1. The molecule has 0 saturated heterocycles. The Hall–Kier alpha value is -4.72. The molecule has 0 aliphatic carbocycles. The molecule has 0 unspecified atom stereocenters. The molecule has 3 aromatic heterocycles. The van der Waals surface area contributed by atoms with Crippen molar-refractivity contribution in [3.8, 4) is 11.8 Å². The van der Waals surface area contributed by atoms with E-state index in [1.54, 1.807) is 16.8 Å². The second-order valence-corrected chi connectivity index (χ2v) is 8.57. The van der Waals surface area contributed by atoms with Gasteiger partial charge in [0.15, 0.2) is 5.69 Å². The van der Waals surface area contributed by atoms with Crippen LogP contribution in [0, 0.1) is 25.2 Å². The van der Waals surface area contributed by atoms with E-state index in [0.29, 0.717) is 5.56 Å². The number of carbonyl (C=O) groups excluding carboxylic acids is 1. The van der Waals surface area contributed by atoms with Crippen molar-refractivity contribution in [2.45, 2.75) is 32.6 Å². The van der Waals surface area contributed by atoms with Crippen LogP contribution in [0.25, 0.3) is 0 Å². The van der Waals surface area contributed by atoms with E-state index in [9.17, 15) is 20.0 Å². The lowest BCUT2D eigenvalue weighted by molar-refractivity contribution is 0.101. The van der Waals surface area contributed by atoms with E-state index in [4.69, 9.17) is 4.52 Å². The van der Waals surface area contributed by atoms with Gasteiger partial charge in [-0.15, -0.1) is 0 Å². The van der Waals surface area contributed by atoms with Crippen LogP contribution in [-0.4, -0.2) is 35.5 Å². The Morgan fingerprint density at radius 2 is 1.97 bits per heavy atom. The molecule has 0 spiro atoms. The average molecular weight is 488 g/mol. The number of anilines is 1. The molecule has 0 saturated carbocycles. The van der Waals surface area contributed by atoms with Gasteiger partial charge in [-0.3, -0.25) is 18.8 Å². The molecule has 1 amide bonds. The number of nitrogens with one attached hydrogen (secondary N) is 1. The monoisotopic (exact) mass is 487 g/mol. The molecule has 11 heteroatoms. The summed E-state index contributed by atoms with van der Waals surface area (Å²) in [7, 11) is 3.32. The molecule has 184 valence electrons. The lowest BCUT2D eigenvalue weighted by Crippen LogP contribution is -2.29. The van der Waals surface area contributed by atoms with Gasteiger partial charge in [-0.05, 0) is 25.5 Å². The summed E-state index contributed by atoms with van der Waals surface area (Å²) in [6.07, 6.45) is 2.49. The number of nitrogens with zero attached hydrogens (tertiary/aromatic N) is 6. The second kappa shape index (κ2) is 9.50. The maximum atomic E-state index is 13.0. The predicted octanol–water partition coefficient (Wildman–Crippen LogP) is 2.88. The molecule has 0 radical (unpaired) electrons. The summed E-state index contributed by atoms with van der Waals surface area (Å²) >= 11 is 0. The molecule has 0 aliphatic heterocycles. The molecule has 11 nitrogen and oxygen atoms in total. The standard InChI is InChI=1S/C25H25N7O4/c1-13(19(18-9-7-6-8-16(18)10-26)20-14(2)30-32(5)15(20)3)23-29-21(22(33)25(35)31(23)4)24(34)28-17-11-27-36-12-17/h6-9,11-13,19,33H,1-5H3,(H,28,34)/t13-,19-/m1/s1. The van der Waals surface area contributed by atoms with Crippen molar-refractivity contribution in [1.82, 2.24) is 24.5 Å². The van der Waals surface area contributed by atoms with Crippen molar-refractivity contribution in [2.24, 2.45) is 14.1 Å². The van der Waals surface area contributed by atoms with Crippen LogP contribution in [0.4, 0.5) is 5.69 Å². The zero-order valence-corrected chi connectivity index (χ0v) is 20.5. The van der Waals surface area contributed by atoms with Crippen molar-refractivity contribution >= 4 is 11.6 Å². The van der Waals surface area contributed by atoms with Crippen LogP contribution in [0.3, 0.4) is 0 Å². The molecule has 2 atom stereocenters. The van der Waals surface area contributed by atoms with Gasteiger partial charge in [-0.2, -0.15) is 10.4 Å². The Kier molecular flexibility index (Phi) is 6.44. The fraction of sp³-hybridized carbons (Fsp3) is 0.280. The number of aromatic nitrogens is 5. The van der Waals surface area contributed by atoms with Crippen LogP contribution >= 0.6 is 0 Å². The molecule has 0 fully saturated rings. The maximum absolute atomic E-state index is 13.0. The number of hydrogen-bond donors (Lipinski definition) is 2. The summed E-state index contributed by atoms with van der Waals surface area (Å²) in [4.78, 5) is 30.3. The third-order valence-corrected chi connectivity index (χ3v) is 6.41. The lowest BCUT2D eigenvalue weighted by Gasteiger charge is -2.27. The third kappa shape index (κ3) is 4.13. The molecule has 0 bridgehead atoms. The third-order valence-electron chi connectivity index (χ3n) is 6.41. The van der Waals surface area contributed by atoms with E-state index in [1.807, 2.05) is 40.0 Å². The van der Waals surface area contributed by atoms with E-state index in [2.05, 4.69) is 26.6 Å². The number of rotatable bonds is 6. The van der Waals surface area contributed by atoms with E-state index >= 15 is 0 Å². The first-order valence-electron chi connectivity index (χ1n) is 11.1. The molecule has 1 aromatic carbocycles. The minimum absolute atomic E-state index is 0.249. The number of benzene rings is 1. The fourth-order valence-electron chi connectivity index (χ4n) is 4.56. The minimum atomic E-state index is -0.787. The molecule has 4 aromatic rings. The zero-order valence-electron chi connectivity index (χ0n) is 20.5. The van der Waals surface area contributed by atoms with E-state index < -0.39 is 34.7 Å². The topological polar surface area (TPSA) is 152 Å². The summed E-state index contributed by atoms with van der Waals surface area (Å²) < 4.78 is 7.70. The van der Waals surface area contributed by atoms with Crippen LogP contribution in [0.2, 0.25) is 0 Å². The molecule has 4 rings (SSSR count). The molecule has 0 aliphatic rings. The van der Waals surface area contributed by atoms with Crippen LogP contribution < -0.4 is 10.9 Å². The highest BCUT2D eigenvalue weighted by atomic mass is 16.5. The Labute approximate surface area is 206 Å². The first-order chi connectivity index (χ1) is 17.1. The van der Waals surface area contributed by atoms with Gasteiger partial charge >= 0.3 is 0 Å². The van der Waals surface area contributed by atoms with Crippen molar-refractivity contribution in [2.75, 3.05) is 5.32 Å². The van der Waals surface area contributed by atoms with Gasteiger partial charge in [0, 0.05) is 37.2 Å². The van der Waals surface area contributed by atoms with Crippen LogP contribution in [0.5, 0.6) is 5.75 Å². The highest BCUT2D eigenvalue weighted by Gasteiger charge is 2.33.